The first-order valence-electron chi connectivity index (χ1n) is 5.59. The number of aliphatic hydroxyl groups excluding tert-OH is 1. The van der Waals surface area contributed by atoms with Gasteiger partial charge in [-0.3, -0.25) is 0 Å². The van der Waals surface area contributed by atoms with E-state index in [2.05, 4.69) is 10.6 Å². The summed E-state index contributed by atoms with van der Waals surface area (Å²) in [5, 5.41) is 15.4. The highest BCUT2D eigenvalue weighted by Gasteiger charge is 2.06. The van der Waals surface area contributed by atoms with Gasteiger partial charge in [-0.25, -0.2) is 4.79 Å². The number of benzene rings is 1. The molecule has 1 aromatic carbocycles. The summed E-state index contributed by atoms with van der Waals surface area (Å²) in [5.41, 5.74) is 0.624. The van der Waals surface area contributed by atoms with Crippen molar-refractivity contribution in [2.45, 2.75) is 12.5 Å². The molecule has 3 N–H and O–H groups in total. The lowest BCUT2D eigenvalue weighted by atomic mass is 10.3. The van der Waals surface area contributed by atoms with Gasteiger partial charge in [-0.05, 0) is 36.6 Å². The number of thioether (sulfide) groups is 1. The van der Waals surface area contributed by atoms with Crippen LogP contribution >= 0.6 is 23.4 Å². The van der Waals surface area contributed by atoms with Gasteiger partial charge < -0.3 is 15.7 Å². The van der Waals surface area contributed by atoms with E-state index in [4.69, 9.17) is 11.6 Å². The highest BCUT2D eigenvalue weighted by molar-refractivity contribution is 7.98. The first-order valence-corrected chi connectivity index (χ1v) is 7.36. The molecule has 1 atom stereocenters. The molecule has 0 heterocycles. The van der Waals surface area contributed by atoms with E-state index in [1.54, 1.807) is 36.0 Å². The molecule has 0 aliphatic heterocycles. The molecule has 0 aromatic heterocycles. The van der Waals surface area contributed by atoms with Crippen LogP contribution in [-0.4, -0.2) is 35.8 Å². The molecule has 4 nitrogen and oxygen atoms in total. The van der Waals surface area contributed by atoms with E-state index < -0.39 is 6.10 Å². The van der Waals surface area contributed by atoms with Crippen molar-refractivity contribution >= 4 is 35.1 Å². The van der Waals surface area contributed by atoms with Crippen LogP contribution in [0.4, 0.5) is 10.5 Å². The maximum atomic E-state index is 11.5. The quantitative estimate of drug-likeness (QED) is 0.754. The molecule has 18 heavy (non-hydrogen) atoms. The van der Waals surface area contributed by atoms with Crippen LogP contribution in [0.1, 0.15) is 6.42 Å². The van der Waals surface area contributed by atoms with Crippen molar-refractivity contribution in [1.29, 1.82) is 0 Å². The van der Waals surface area contributed by atoms with Gasteiger partial charge in [0.05, 0.1) is 6.10 Å². The van der Waals surface area contributed by atoms with E-state index in [1.165, 1.54) is 0 Å². The Morgan fingerprint density at radius 3 is 3.00 bits per heavy atom. The predicted molar refractivity (Wildman–Crippen MR) is 77.5 cm³/mol. The Hall–Kier alpha value is -0.910. The Kier molecular flexibility index (Phi) is 6.93. The summed E-state index contributed by atoms with van der Waals surface area (Å²) in [5.74, 6) is 0.874. The molecular formula is C12H17ClN2O2S. The number of hydrogen-bond donors (Lipinski definition) is 3. The Morgan fingerprint density at radius 2 is 2.33 bits per heavy atom. The summed E-state index contributed by atoms with van der Waals surface area (Å²) < 4.78 is 0. The van der Waals surface area contributed by atoms with Crippen molar-refractivity contribution in [3.05, 3.63) is 29.3 Å². The molecule has 0 aliphatic rings. The molecule has 6 heteroatoms. The van der Waals surface area contributed by atoms with E-state index >= 15 is 0 Å². The number of hydrogen-bond acceptors (Lipinski definition) is 3. The van der Waals surface area contributed by atoms with E-state index in [0.717, 1.165) is 5.75 Å². The zero-order valence-electron chi connectivity index (χ0n) is 10.1. The highest BCUT2D eigenvalue weighted by Crippen LogP contribution is 2.14. The van der Waals surface area contributed by atoms with Gasteiger partial charge in [-0.1, -0.05) is 17.7 Å². The number of rotatable bonds is 6. The predicted octanol–water partition coefficient (Wildman–Crippen LogP) is 2.58. The van der Waals surface area contributed by atoms with Gasteiger partial charge in [0.2, 0.25) is 0 Å². The lowest BCUT2D eigenvalue weighted by molar-refractivity contribution is 0.169. The van der Waals surface area contributed by atoms with Crippen LogP contribution < -0.4 is 10.6 Å². The van der Waals surface area contributed by atoms with Gasteiger partial charge in [-0.2, -0.15) is 11.8 Å². The Morgan fingerprint density at radius 1 is 1.56 bits per heavy atom. The number of aliphatic hydroxyl groups is 1. The van der Waals surface area contributed by atoms with Crippen molar-refractivity contribution in [1.82, 2.24) is 5.32 Å². The van der Waals surface area contributed by atoms with E-state index in [1.807, 2.05) is 6.26 Å². The number of carbonyl (C=O) groups excluding carboxylic acids is 1. The minimum Gasteiger partial charge on any atom is -0.391 e. The van der Waals surface area contributed by atoms with Crippen molar-refractivity contribution in [2.75, 3.05) is 23.9 Å². The molecule has 0 spiro atoms. The summed E-state index contributed by atoms with van der Waals surface area (Å²) in [6.07, 6.45) is 2.13. The van der Waals surface area contributed by atoms with Crippen LogP contribution in [0.3, 0.4) is 0 Å². The van der Waals surface area contributed by atoms with Gasteiger partial charge in [-0.15, -0.1) is 0 Å². The maximum Gasteiger partial charge on any atom is 0.319 e. The van der Waals surface area contributed by atoms with Crippen molar-refractivity contribution < 1.29 is 9.90 Å². The Labute approximate surface area is 116 Å². The molecule has 0 bridgehead atoms. The number of halogens is 1. The third kappa shape index (κ3) is 6.14. The topological polar surface area (TPSA) is 61.4 Å². The molecule has 0 radical (unpaired) electrons. The molecule has 1 rings (SSSR count). The van der Waals surface area contributed by atoms with E-state index in [-0.39, 0.29) is 12.6 Å². The van der Waals surface area contributed by atoms with Gasteiger partial charge in [0.25, 0.3) is 0 Å². The minimum absolute atomic E-state index is 0.243. The van der Waals surface area contributed by atoms with Crippen LogP contribution in [0.25, 0.3) is 0 Å². The van der Waals surface area contributed by atoms with Crippen molar-refractivity contribution in [3.63, 3.8) is 0 Å². The lowest BCUT2D eigenvalue weighted by Gasteiger charge is -2.12. The molecule has 1 aromatic rings. The number of anilines is 1. The minimum atomic E-state index is -0.512. The van der Waals surface area contributed by atoms with Crippen LogP contribution in [0.5, 0.6) is 0 Å². The number of urea groups is 1. The second-order valence-corrected chi connectivity index (χ2v) is 5.20. The third-order valence-electron chi connectivity index (χ3n) is 2.24. The van der Waals surface area contributed by atoms with Crippen molar-refractivity contribution in [2.24, 2.45) is 0 Å². The van der Waals surface area contributed by atoms with E-state index in [0.29, 0.717) is 17.1 Å². The SMILES string of the molecule is CSCCC(O)CNC(=O)Nc1cccc(Cl)c1. The zero-order chi connectivity index (χ0) is 13.4. The molecule has 0 saturated heterocycles. The standard InChI is InChI=1S/C12H17ClN2O2S/c1-18-6-5-11(16)8-14-12(17)15-10-4-2-3-9(13)7-10/h2-4,7,11,16H,5-6,8H2,1H3,(H2,14,15,17). The van der Waals surface area contributed by atoms with Crippen LogP contribution in [0.2, 0.25) is 5.02 Å². The monoisotopic (exact) mass is 288 g/mol. The number of amides is 2. The molecule has 0 aliphatic carbocycles. The largest absolute Gasteiger partial charge is 0.391 e. The van der Waals surface area contributed by atoms with Crippen LogP contribution in [0.15, 0.2) is 24.3 Å². The average molecular weight is 289 g/mol. The first-order chi connectivity index (χ1) is 8.61. The third-order valence-corrected chi connectivity index (χ3v) is 3.11. The second kappa shape index (κ2) is 8.24. The summed E-state index contributed by atoms with van der Waals surface area (Å²) in [7, 11) is 0. The van der Waals surface area contributed by atoms with Gasteiger partial charge in [0.1, 0.15) is 0 Å². The Bertz CT molecular complexity index is 390. The fourth-order valence-corrected chi connectivity index (χ4v) is 2.01. The smallest absolute Gasteiger partial charge is 0.319 e. The lowest BCUT2D eigenvalue weighted by Crippen LogP contribution is -2.35. The molecular weight excluding hydrogens is 272 g/mol. The van der Waals surface area contributed by atoms with Gasteiger partial charge in [0.15, 0.2) is 0 Å². The first kappa shape index (κ1) is 15.1. The van der Waals surface area contributed by atoms with Gasteiger partial charge >= 0.3 is 6.03 Å². The van der Waals surface area contributed by atoms with Gasteiger partial charge in [0, 0.05) is 17.3 Å². The maximum absolute atomic E-state index is 11.5. The van der Waals surface area contributed by atoms with Crippen molar-refractivity contribution in [3.8, 4) is 0 Å². The summed E-state index contributed by atoms with van der Waals surface area (Å²) in [4.78, 5) is 11.5. The molecule has 100 valence electrons. The number of carbonyl (C=O) groups is 1. The fourth-order valence-electron chi connectivity index (χ4n) is 1.31. The molecule has 2 amide bonds. The molecule has 1 unspecified atom stereocenters. The second-order valence-electron chi connectivity index (χ2n) is 3.78. The van der Waals surface area contributed by atoms with Crippen LogP contribution in [0, 0.1) is 0 Å². The normalized spacial score (nSPS) is 11.9. The highest BCUT2D eigenvalue weighted by atomic mass is 35.5. The average Bonchev–Trinajstić information content (AvgIpc) is 2.34. The Balaban J connectivity index is 2.29. The summed E-state index contributed by atoms with van der Waals surface area (Å²) >= 11 is 7.46. The fraction of sp³-hybridized carbons (Fsp3) is 0.417. The molecule has 0 saturated carbocycles. The summed E-state index contributed by atoms with van der Waals surface area (Å²) in [6.45, 7) is 0.243. The zero-order valence-corrected chi connectivity index (χ0v) is 11.7. The molecule has 0 fully saturated rings. The summed E-state index contributed by atoms with van der Waals surface area (Å²) in [6, 6.07) is 6.55. The number of nitrogens with one attached hydrogen (secondary N) is 2. The van der Waals surface area contributed by atoms with E-state index in [9.17, 15) is 9.90 Å². The van der Waals surface area contributed by atoms with Crippen LogP contribution in [-0.2, 0) is 0 Å².